The maximum Gasteiger partial charge on any atom is 0.471 e. The maximum atomic E-state index is 12.5. The van der Waals surface area contributed by atoms with Crippen molar-refractivity contribution in [3.8, 4) is 0 Å². The standard InChI is InChI=1S/C19H24F3N3O2/c20-19(21,22)18(27)25-12-8-14(9-13-25)17(26)23-15-4-6-16(7-5-15)24-10-2-1-3-11-24/h4-7,14H,1-3,8-13H2,(H,23,26). The SMILES string of the molecule is O=C(Nc1ccc(N2CCCCC2)cc1)C1CCN(C(=O)C(F)(F)F)CC1. The van der Waals surface area contributed by atoms with Crippen molar-refractivity contribution in [1.82, 2.24) is 4.90 Å². The lowest BCUT2D eigenvalue weighted by atomic mass is 9.95. The summed E-state index contributed by atoms with van der Waals surface area (Å²) in [6.45, 7) is 1.98. The Hall–Kier alpha value is -2.25. The molecule has 5 nitrogen and oxygen atoms in total. The van der Waals surface area contributed by atoms with E-state index in [-0.39, 0.29) is 37.8 Å². The number of benzene rings is 1. The Morgan fingerprint density at radius 3 is 2.07 bits per heavy atom. The van der Waals surface area contributed by atoms with Gasteiger partial charge < -0.3 is 15.1 Å². The molecule has 0 unspecified atom stereocenters. The average Bonchev–Trinajstić information content (AvgIpc) is 2.68. The minimum Gasteiger partial charge on any atom is -0.372 e. The minimum atomic E-state index is -4.86. The first-order valence-electron chi connectivity index (χ1n) is 9.36. The molecule has 2 aliphatic heterocycles. The fourth-order valence-electron chi connectivity index (χ4n) is 3.68. The quantitative estimate of drug-likeness (QED) is 0.870. The van der Waals surface area contributed by atoms with Crippen LogP contribution in [0.5, 0.6) is 0 Å². The van der Waals surface area contributed by atoms with Gasteiger partial charge in [-0.1, -0.05) is 0 Å². The van der Waals surface area contributed by atoms with Gasteiger partial charge in [-0.25, -0.2) is 0 Å². The summed E-state index contributed by atoms with van der Waals surface area (Å²) >= 11 is 0. The Kier molecular flexibility index (Phi) is 5.92. The summed E-state index contributed by atoms with van der Waals surface area (Å²) < 4.78 is 37.4. The number of anilines is 2. The third-order valence-corrected chi connectivity index (χ3v) is 5.25. The number of piperidine rings is 2. The number of likely N-dealkylation sites (tertiary alicyclic amines) is 1. The Labute approximate surface area is 156 Å². The van der Waals surface area contributed by atoms with Crippen molar-refractivity contribution in [2.24, 2.45) is 5.92 Å². The molecule has 0 radical (unpaired) electrons. The fraction of sp³-hybridized carbons (Fsp3) is 0.579. The number of hydrogen-bond acceptors (Lipinski definition) is 3. The zero-order valence-electron chi connectivity index (χ0n) is 15.1. The largest absolute Gasteiger partial charge is 0.471 e. The van der Waals surface area contributed by atoms with Crippen LogP contribution in [-0.2, 0) is 9.59 Å². The minimum absolute atomic E-state index is 0.0513. The fourth-order valence-corrected chi connectivity index (χ4v) is 3.68. The van der Waals surface area contributed by atoms with Gasteiger partial charge in [-0.15, -0.1) is 0 Å². The summed E-state index contributed by atoms with van der Waals surface area (Å²) in [6.07, 6.45) is -0.746. The molecule has 0 aliphatic carbocycles. The second-order valence-electron chi connectivity index (χ2n) is 7.15. The van der Waals surface area contributed by atoms with E-state index in [1.54, 1.807) is 0 Å². The monoisotopic (exact) mass is 383 g/mol. The Morgan fingerprint density at radius 2 is 1.52 bits per heavy atom. The summed E-state index contributed by atoms with van der Waals surface area (Å²) in [7, 11) is 0. The molecule has 2 amide bonds. The van der Waals surface area contributed by atoms with Gasteiger partial charge in [0.15, 0.2) is 0 Å². The number of rotatable bonds is 3. The molecule has 1 aromatic rings. The number of carbonyl (C=O) groups excluding carboxylic acids is 2. The highest BCUT2D eigenvalue weighted by molar-refractivity contribution is 5.93. The van der Waals surface area contributed by atoms with Gasteiger partial charge in [0.05, 0.1) is 0 Å². The number of amides is 2. The van der Waals surface area contributed by atoms with E-state index < -0.39 is 12.1 Å². The van der Waals surface area contributed by atoms with E-state index in [2.05, 4.69) is 10.2 Å². The highest BCUT2D eigenvalue weighted by Gasteiger charge is 2.43. The van der Waals surface area contributed by atoms with Crippen LogP contribution in [0.4, 0.5) is 24.5 Å². The molecule has 0 atom stereocenters. The molecule has 2 saturated heterocycles. The molecule has 3 rings (SSSR count). The number of hydrogen-bond donors (Lipinski definition) is 1. The lowest BCUT2D eigenvalue weighted by molar-refractivity contribution is -0.186. The van der Waals surface area contributed by atoms with Crippen LogP contribution in [0.15, 0.2) is 24.3 Å². The highest BCUT2D eigenvalue weighted by Crippen LogP contribution is 2.26. The van der Waals surface area contributed by atoms with Crippen molar-refractivity contribution in [2.75, 3.05) is 36.4 Å². The van der Waals surface area contributed by atoms with E-state index in [0.717, 1.165) is 23.7 Å². The zero-order chi connectivity index (χ0) is 19.4. The smallest absolute Gasteiger partial charge is 0.372 e. The van der Waals surface area contributed by atoms with Crippen LogP contribution in [0.3, 0.4) is 0 Å². The van der Waals surface area contributed by atoms with E-state index >= 15 is 0 Å². The van der Waals surface area contributed by atoms with Gasteiger partial charge in [0.25, 0.3) is 0 Å². The molecule has 1 N–H and O–H groups in total. The van der Waals surface area contributed by atoms with Crippen LogP contribution in [-0.4, -0.2) is 49.1 Å². The lowest BCUT2D eigenvalue weighted by Crippen LogP contribution is -2.46. The van der Waals surface area contributed by atoms with E-state index in [9.17, 15) is 22.8 Å². The number of alkyl halides is 3. The van der Waals surface area contributed by atoms with E-state index in [1.165, 1.54) is 19.3 Å². The number of carbonyl (C=O) groups is 2. The summed E-state index contributed by atoms with van der Waals surface area (Å²) in [5.74, 6) is -2.42. The van der Waals surface area contributed by atoms with Gasteiger partial charge in [-0.3, -0.25) is 9.59 Å². The third kappa shape index (κ3) is 4.93. The predicted molar refractivity (Wildman–Crippen MR) is 96.5 cm³/mol. The second kappa shape index (κ2) is 8.19. The van der Waals surface area contributed by atoms with Crippen LogP contribution in [0, 0.1) is 5.92 Å². The van der Waals surface area contributed by atoms with E-state index in [1.807, 2.05) is 24.3 Å². The van der Waals surface area contributed by atoms with Crippen molar-refractivity contribution in [3.05, 3.63) is 24.3 Å². The zero-order valence-corrected chi connectivity index (χ0v) is 15.1. The summed E-state index contributed by atoms with van der Waals surface area (Å²) in [4.78, 5) is 26.7. The molecule has 0 spiro atoms. The van der Waals surface area contributed by atoms with Crippen LogP contribution in [0.25, 0.3) is 0 Å². The van der Waals surface area contributed by atoms with Gasteiger partial charge >= 0.3 is 12.1 Å². The molecule has 27 heavy (non-hydrogen) atoms. The molecule has 8 heteroatoms. The van der Waals surface area contributed by atoms with Crippen LogP contribution in [0.1, 0.15) is 32.1 Å². The summed E-state index contributed by atoms with van der Waals surface area (Å²) in [5.41, 5.74) is 1.81. The van der Waals surface area contributed by atoms with Crippen molar-refractivity contribution >= 4 is 23.2 Å². The van der Waals surface area contributed by atoms with Crippen LogP contribution < -0.4 is 10.2 Å². The maximum absolute atomic E-state index is 12.5. The molecule has 2 aliphatic rings. The van der Waals surface area contributed by atoms with Crippen molar-refractivity contribution in [2.45, 2.75) is 38.3 Å². The summed E-state index contributed by atoms with van der Waals surface area (Å²) in [5, 5.41) is 2.83. The van der Waals surface area contributed by atoms with Crippen LogP contribution in [0.2, 0.25) is 0 Å². The van der Waals surface area contributed by atoms with Crippen LogP contribution >= 0.6 is 0 Å². The number of halogens is 3. The first-order chi connectivity index (χ1) is 12.8. The average molecular weight is 383 g/mol. The molecule has 0 saturated carbocycles. The molecule has 1 aromatic carbocycles. The predicted octanol–water partition coefficient (Wildman–Crippen LogP) is 3.42. The first kappa shape index (κ1) is 19.5. The second-order valence-corrected chi connectivity index (χ2v) is 7.15. The van der Waals surface area contributed by atoms with Crippen molar-refractivity contribution in [3.63, 3.8) is 0 Å². The van der Waals surface area contributed by atoms with Gasteiger partial charge in [0, 0.05) is 43.5 Å². The van der Waals surface area contributed by atoms with Gasteiger partial charge in [-0.2, -0.15) is 13.2 Å². The molecular weight excluding hydrogens is 359 g/mol. The molecule has 0 bridgehead atoms. The molecule has 2 fully saturated rings. The molecular formula is C19H24F3N3O2. The molecule has 148 valence electrons. The Bertz CT molecular complexity index is 662. The summed E-state index contributed by atoms with van der Waals surface area (Å²) in [6, 6.07) is 7.66. The van der Waals surface area contributed by atoms with Gasteiger partial charge in [0.2, 0.25) is 5.91 Å². The van der Waals surface area contributed by atoms with Crippen molar-refractivity contribution in [1.29, 1.82) is 0 Å². The molecule has 0 aromatic heterocycles. The van der Waals surface area contributed by atoms with Crippen molar-refractivity contribution < 1.29 is 22.8 Å². The van der Waals surface area contributed by atoms with E-state index in [0.29, 0.717) is 5.69 Å². The highest BCUT2D eigenvalue weighted by atomic mass is 19.4. The molecule has 2 heterocycles. The lowest BCUT2D eigenvalue weighted by Gasteiger charge is -2.31. The Morgan fingerprint density at radius 1 is 0.926 bits per heavy atom. The van der Waals surface area contributed by atoms with E-state index in [4.69, 9.17) is 0 Å². The third-order valence-electron chi connectivity index (χ3n) is 5.25. The number of nitrogens with zero attached hydrogens (tertiary/aromatic N) is 2. The normalized spacial score (nSPS) is 19.1. The van der Waals surface area contributed by atoms with Gasteiger partial charge in [-0.05, 0) is 56.4 Å². The Balaban J connectivity index is 1.50. The first-order valence-corrected chi connectivity index (χ1v) is 9.36. The number of nitrogens with one attached hydrogen (secondary N) is 1. The van der Waals surface area contributed by atoms with Gasteiger partial charge in [0.1, 0.15) is 0 Å². The topological polar surface area (TPSA) is 52.7 Å².